The largest absolute Gasteiger partial charge is 0.394 e. The van der Waals surface area contributed by atoms with Gasteiger partial charge in [0.2, 0.25) is 0 Å². The van der Waals surface area contributed by atoms with E-state index in [2.05, 4.69) is 0 Å². The van der Waals surface area contributed by atoms with E-state index < -0.39 is 18.3 Å². The Balaban J connectivity index is 2.69. The number of quaternary nitrogens is 1. The highest BCUT2D eigenvalue weighted by molar-refractivity contribution is 4.87. The highest BCUT2D eigenvalue weighted by Gasteiger charge is 2.44. The highest BCUT2D eigenvalue weighted by Crippen LogP contribution is 2.21. The average Bonchev–Trinajstić information content (AvgIpc) is 2.07. The van der Waals surface area contributed by atoms with Crippen LogP contribution in [0.4, 0.5) is 0 Å². The first kappa shape index (κ1) is 11.9. The number of nitrogens with zero attached hydrogens (tertiary/aromatic N) is 1. The molecule has 1 heterocycles. The molecule has 0 aromatic carbocycles. The maximum Gasteiger partial charge on any atom is 0.141 e. The van der Waals surface area contributed by atoms with E-state index in [0.717, 1.165) is 0 Å². The first-order valence-electron chi connectivity index (χ1n) is 4.77. The lowest BCUT2D eigenvalue weighted by Gasteiger charge is -2.43. The molecule has 4 atom stereocenters. The summed E-state index contributed by atoms with van der Waals surface area (Å²) in [5.41, 5.74) is 0. The molecule has 5 heteroatoms. The Kier molecular flexibility index (Phi) is 3.49. The van der Waals surface area contributed by atoms with Crippen LogP contribution in [-0.4, -0.2) is 78.5 Å². The van der Waals surface area contributed by atoms with Gasteiger partial charge >= 0.3 is 0 Å². The Hall–Kier alpha value is -0.200. The third kappa shape index (κ3) is 2.24. The van der Waals surface area contributed by atoms with E-state index in [4.69, 9.17) is 9.84 Å². The molecule has 1 rings (SSSR count). The minimum absolute atomic E-state index is 0.159. The summed E-state index contributed by atoms with van der Waals surface area (Å²) in [5.74, 6) is 0. The molecule has 0 saturated carbocycles. The van der Waals surface area contributed by atoms with E-state index in [0.29, 0.717) is 11.1 Å². The van der Waals surface area contributed by atoms with Crippen molar-refractivity contribution in [1.82, 2.24) is 0 Å². The van der Waals surface area contributed by atoms with E-state index in [-0.39, 0.29) is 12.6 Å². The quantitative estimate of drug-likeness (QED) is 0.465. The number of ether oxygens (including phenoxy) is 1. The molecule has 0 aliphatic carbocycles. The molecule has 1 saturated heterocycles. The van der Waals surface area contributed by atoms with Gasteiger partial charge in [0.15, 0.2) is 0 Å². The summed E-state index contributed by atoms with van der Waals surface area (Å²) in [6.07, 6.45) is -2.51. The maximum atomic E-state index is 9.82. The molecule has 1 fully saturated rings. The Morgan fingerprint density at radius 3 is 2.21 bits per heavy atom. The van der Waals surface area contributed by atoms with Crippen LogP contribution < -0.4 is 0 Å². The number of aliphatic hydroxyl groups is 3. The zero-order valence-electron chi connectivity index (χ0n) is 8.92. The summed E-state index contributed by atoms with van der Waals surface area (Å²) in [4.78, 5) is 0. The fraction of sp³-hybridized carbons (Fsp3) is 1.00. The van der Waals surface area contributed by atoms with Crippen molar-refractivity contribution in [3.63, 3.8) is 0 Å². The summed E-state index contributed by atoms with van der Waals surface area (Å²) in [5, 5.41) is 28.3. The van der Waals surface area contributed by atoms with Crippen LogP contribution in [0, 0.1) is 0 Å². The molecular weight excluding hydrogens is 186 g/mol. The Morgan fingerprint density at radius 1 is 1.21 bits per heavy atom. The summed E-state index contributed by atoms with van der Waals surface area (Å²) in [7, 11) is 5.80. The summed E-state index contributed by atoms with van der Waals surface area (Å²) < 4.78 is 5.80. The molecule has 5 nitrogen and oxygen atoms in total. The number of rotatable bonds is 2. The van der Waals surface area contributed by atoms with Crippen molar-refractivity contribution in [3.8, 4) is 0 Å². The van der Waals surface area contributed by atoms with E-state index in [9.17, 15) is 10.2 Å². The lowest BCUT2D eigenvalue weighted by molar-refractivity contribution is -0.902. The lowest BCUT2D eigenvalue weighted by Crippen LogP contribution is -2.63. The van der Waals surface area contributed by atoms with Gasteiger partial charge in [-0.25, -0.2) is 0 Å². The monoisotopic (exact) mass is 206 g/mol. The van der Waals surface area contributed by atoms with E-state index in [1.54, 1.807) is 0 Å². The van der Waals surface area contributed by atoms with E-state index in [1.807, 2.05) is 21.1 Å². The molecule has 14 heavy (non-hydrogen) atoms. The summed E-state index contributed by atoms with van der Waals surface area (Å²) in [6.45, 7) is 0.0923. The molecule has 1 aliphatic rings. The highest BCUT2D eigenvalue weighted by atomic mass is 16.5. The van der Waals surface area contributed by atoms with Gasteiger partial charge in [-0.1, -0.05) is 0 Å². The van der Waals surface area contributed by atoms with Crippen LogP contribution in [0.2, 0.25) is 0 Å². The fourth-order valence-electron chi connectivity index (χ4n) is 1.71. The van der Waals surface area contributed by atoms with Gasteiger partial charge in [-0.15, -0.1) is 0 Å². The number of aliphatic hydroxyl groups excluding tert-OH is 3. The molecule has 4 unspecified atom stereocenters. The Bertz CT molecular complexity index is 192. The van der Waals surface area contributed by atoms with Crippen LogP contribution in [-0.2, 0) is 4.74 Å². The van der Waals surface area contributed by atoms with Crippen molar-refractivity contribution in [2.45, 2.75) is 24.4 Å². The minimum atomic E-state index is -1.00. The molecule has 0 bridgehead atoms. The van der Waals surface area contributed by atoms with Gasteiger partial charge in [0.05, 0.1) is 27.7 Å². The van der Waals surface area contributed by atoms with Crippen LogP contribution in [0.1, 0.15) is 0 Å². The molecule has 0 aromatic rings. The van der Waals surface area contributed by atoms with Gasteiger partial charge in [-0.3, -0.25) is 0 Å². The molecule has 1 aliphatic heterocycles. The fourth-order valence-corrected chi connectivity index (χ4v) is 1.71. The molecule has 0 aromatic heterocycles. The van der Waals surface area contributed by atoms with Crippen molar-refractivity contribution in [1.29, 1.82) is 0 Å². The second-order valence-electron chi connectivity index (χ2n) is 4.72. The Morgan fingerprint density at radius 2 is 1.79 bits per heavy atom. The van der Waals surface area contributed by atoms with Crippen LogP contribution in [0.5, 0.6) is 0 Å². The predicted octanol–water partition coefficient (Wildman–Crippen LogP) is -1.83. The second-order valence-corrected chi connectivity index (χ2v) is 4.72. The van der Waals surface area contributed by atoms with E-state index in [1.165, 1.54) is 0 Å². The SMILES string of the molecule is C[N+](C)(C)C1COC(CO)C(O)C1O. The van der Waals surface area contributed by atoms with Crippen molar-refractivity contribution in [3.05, 3.63) is 0 Å². The van der Waals surface area contributed by atoms with Crippen molar-refractivity contribution >= 4 is 0 Å². The standard InChI is InChI=1S/C9H20NO4/c1-10(2,3)6-5-14-7(4-11)9(13)8(6)12/h6-9,11-13H,4-5H2,1-3H3/q+1. The third-order valence-electron chi connectivity index (χ3n) is 2.78. The molecule has 3 N–H and O–H groups in total. The van der Waals surface area contributed by atoms with Gasteiger partial charge in [0, 0.05) is 0 Å². The Labute approximate surface area is 84.1 Å². The number of hydrogen-bond acceptors (Lipinski definition) is 4. The van der Waals surface area contributed by atoms with Gasteiger partial charge in [-0.2, -0.15) is 0 Å². The molecule has 0 radical (unpaired) electrons. The number of likely N-dealkylation sites (N-methyl/N-ethyl adjacent to an activating group) is 1. The van der Waals surface area contributed by atoms with Gasteiger partial charge in [0.25, 0.3) is 0 Å². The smallest absolute Gasteiger partial charge is 0.141 e. The van der Waals surface area contributed by atoms with Gasteiger partial charge < -0.3 is 24.5 Å². The summed E-state index contributed by atoms with van der Waals surface area (Å²) in [6, 6.07) is -0.159. The van der Waals surface area contributed by atoms with Crippen molar-refractivity contribution in [2.75, 3.05) is 34.4 Å². The predicted molar refractivity (Wildman–Crippen MR) is 50.7 cm³/mol. The lowest BCUT2D eigenvalue weighted by atomic mass is 9.96. The second kappa shape index (κ2) is 4.12. The molecular formula is C9H20NO4+. The first-order valence-corrected chi connectivity index (χ1v) is 4.77. The normalized spacial score (nSPS) is 39.9. The first-order chi connectivity index (χ1) is 6.38. The molecule has 84 valence electrons. The zero-order valence-corrected chi connectivity index (χ0v) is 8.92. The topological polar surface area (TPSA) is 69.9 Å². The minimum Gasteiger partial charge on any atom is -0.394 e. The zero-order chi connectivity index (χ0) is 10.9. The summed E-state index contributed by atoms with van der Waals surface area (Å²) >= 11 is 0. The average molecular weight is 206 g/mol. The third-order valence-corrected chi connectivity index (χ3v) is 2.78. The van der Waals surface area contributed by atoms with Crippen LogP contribution in [0.15, 0.2) is 0 Å². The van der Waals surface area contributed by atoms with Gasteiger partial charge in [-0.05, 0) is 0 Å². The van der Waals surface area contributed by atoms with Gasteiger partial charge in [0.1, 0.15) is 31.0 Å². The van der Waals surface area contributed by atoms with Crippen LogP contribution in [0.25, 0.3) is 0 Å². The van der Waals surface area contributed by atoms with Crippen molar-refractivity contribution in [2.24, 2.45) is 0 Å². The van der Waals surface area contributed by atoms with E-state index >= 15 is 0 Å². The van der Waals surface area contributed by atoms with Crippen molar-refractivity contribution < 1.29 is 24.5 Å². The maximum absolute atomic E-state index is 9.82. The number of hydrogen-bond donors (Lipinski definition) is 3. The molecule has 0 amide bonds. The molecule has 0 spiro atoms. The van der Waals surface area contributed by atoms with Crippen LogP contribution in [0.3, 0.4) is 0 Å². The van der Waals surface area contributed by atoms with Crippen LogP contribution >= 0.6 is 0 Å².